The lowest BCUT2D eigenvalue weighted by atomic mass is 9.78. The topological polar surface area (TPSA) is 58.9 Å². The fourth-order valence-corrected chi connectivity index (χ4v) is 3.13. The molecule has 0 saturated heterocycles. The van der Waals surface area contributed by atoms with E-state index < -0.39 is 12.2 Å². The van der Waals surface area contributed by atoms with E-state index in [1.165, 1.54) is 11.1 Å². The molecule has 29 heavy (non-hydrogen) atoms. The highest BCUT2D eigenvalue weighted by molar-refractivity contribution is 5.41. The van der Waals surface area contributed by atoms with Crippen molar-refractivity contribution >= 4 is 0 Å². The van der Waals surface area contributed by atoms with Gasteiger partial charge in [0.1, 0.15) is 24.7 Å². The van der Waals surface area contributed by atoms with Crippen LogP contribution in [0.5, 0.6) is 11.5 Å². The van der Waals surface area contributed by atoms with Crippen LogP contribution in [0.4, 0.5) is 0 Å². The summed E-state index contributed by atoms with van der Waals surface area (Å²) < 4.78 is 11.4. The van der Waals surface area contributed by atoms with E-state index in [1.807, 2.05) is 31.2 Å². The lowest BCUT2D eigenvalue weighted by molar-refractivity contribution is 0.0980. The number of aliphatic hydroxyl groups excluding tert-OH is 2. The van der Waals surface area contributed by atoms with Gasteiger partial charge in [0.25, 0.3) is 0 Å². The minimum absolute atomic E-state index is 0.166. The third kappa shape index (κ3) is 7.06. The Morgan fingerprint density at radius 2 is 1.21 bits per heavy atom. The van der Waals surface area contributed by atoms with Gasteiger partial charge in [-0.25, -0.2) is 0 Å². The van der Waals surface area contributed by atoms with E-state index in [1.54, 1.807) is 0 Å². The molecule has 2 aromatic carbocycles. The highest BCUT2D eigenvalue weighted by Gasteiger charge is 2.23. The van der Waals surface area contributed by atoms with Gasteiger partial charge >= 0.3 is 0 Å². The largest absolute Gasteiger partial charge is 0.491 e. The van der Waals surface area contributed by atoms with Crippen LogP contribution >= 0.6 is 0 Å². The van der Waals surface area contributed by atoms with Crippen LogP contribution in [0.15, 0.2) is 48.5 Å². The van der Waals surface area contributed by atoms with E-state index in [-0.39, 0.29) is 5.41 Å². The Kier molecular flexibility index (Phi) is 8.99. The normalized spacial score (nSPS) is 13.7. The lowest BCUT2D eigenvalue weighted by Crippen LogP contribution is -2.19. The zero-order valence-corrected chi connectivity index (χ0v) is 18.2. The summed E-state index contributed by atoms with van der Waals surface area (Å²) in [4.78, 5) is 0. The maximum Gasteiger partial charge on any atom is 0.119 e. The van der Waals surface area contributed by atoms with E-state index in [0.29, 0.717) is 19.6 Å². The van der Waals surface area contributed by atoms with Crippen LogP contribution in [0, 0.1) is 0 Å². The second-order valence-corrected chi connectivity index (χ2v) is 8.15. The molecular weight excluding hydrogens is 364 g/mol. The Morgan fingerprint density at radius 3 is 1.62 bits per heavy atom. The van der Waals surface area contributed by atoms with Crippen LogP contribution in [0.2, 0.25) is 0 Å². The number of aliphatic hydroxyl groups is 2. The Balaban J connectivity index is 1.97. The van der Waals surface area contributed by atoms with Crippen molar-refractivity contribution in [1.82, 2.24) is 0 Å². The molecule has 2 atom stereocenters. The number of ether oxygens (including phenoxy) is 2. The molecular formula is C25H36O4. The molecule has 4 nitrogen and oxygen atoms in total. The minimum atomic E-state index is -0.431. The fraction of sp³-hybridized carbons (Fsp3) is 0.520. The standard InChI is InChI=1S/C25H36O4/c1-5-7-8-22(27)18-29-24-15-11-20(12-16-24)25(3,4)19-9-13-23(14-10-19)28-17-21(26)6-2/h9-16,21-22,26-27H,5-8,17-18H2,1-4H3. The van der Waals surface area contributed by atoms with E-state index in [0.717, 1.165) is 30.8 Å². The van der Waals surface area contributed by atoms with Crippen LogP contribution < -0.4 is 9.47 Å². The summed E-state index contributed by atoms with van der Waals surface area (Å²) in [5.41, 5.74) is 2.21. The van der Waals surface area contributed by atoms with Gasteiger partial charge in [-0.1, -0.05) is 64.8 Å². The molecule has 0 aliphatic carbocycles. The molecule has 0 bridgehead atoms. The predicted molar refractivity (Wildman–Crippen MR) is 118 cm³/mol. The molecule has 0 aliphatic heterocycles. The molecule has 2 unspecified atom stereocenters. The first-order valence-electron chi connectivity index (χ1n) is 10.7. The predicted octanol–water partition coefficient (Wildman–Crippen LogP) is 5.09. The molecule has 2 aromatic rings. The van der Waals surface area contributed by atoms with Gasteiger partial charge in [0.15, 0.2) is 0 Å². The number of hydrogen-bond donors (Lipinski definition) is 2. The van der Waals surface area contributed by atoms with Gasteiger partial charge in [-0.3, -0.25) is 0 Å². The Hall–Kier alpha value is -2.04. The Labute approximate surface area is 175 Å². The number of benzene rings is 2. The number of rotatable bonds is 12. The van der Waals surface area contributed by atoms with Crippen molar-refractivity contribution < 1.29 is 19.7 Å². The van der Waals surface area contributed by atoms with Crippen molar-refractivity contribution in [2.45, 2.75) is 71.0 Å². The van der Waals surface area contributed by atoms with Gasteiger partial charge in [0, 0.05) is 5.41 Å². The summed E-state index contributed by atoms with van der Waals surface area (Å²) in [6.45, 7) is 9.07. The van der Waals surface area contributed by atoms with Crippen molar-refractivity contribution in [3.8, 4) is 11.5 Å². The fourth-order valence-electron chi connectivity index (χ4n) is 3.13. The second kappa shape index (κ2) is 11.2. The number of hydrogen-bond acceptors (Lipinski definition) is 4. The van der Waals surface area contributed by atoms with Crippen LogP contribution in [0.1, 0.15) is 64.5 Å². The summed E-state index contributed by atoms with van der Waals surface area (Å²) in [5.74, 6) is 1.54. The molecule has 0 spiro atoms. The smallest absolute Gasteiger partial charge is 0.119 e. The summed E-state index contributed by atoms with van der Waals surface area (Å²) >= 11 is 0. The van der Waals surface area contributed by atoms with Crippen molar-refractivity contribution in [1.29, 1.82) is 0 Å². The molecule has 0 amide bonds. The third-order valence-corrected chi connectivity index (χ3v) is 5.40. The maximum atomic E-state index is 9.93. The van der Waals surface area contributed by atoms with Gasteiger partial charge in [-0.15, -0.1) is 0 Å². The van der Waals surface area contributed by atoms with Gasteiger partial charge in [-0.05, 0) is 48.2 Å². The van der Waals surface area contributed by atoms with Gasteiger partial charge in [0.2, 0.25) is 0 Å². The molecule has 0 saturated carbocycles. The molecule has 0 aliphatic rings. The van der Waals surface area contributed by atoms with E-state index in [4.69, 9.17) is 9.47 Å². The zero-order chi connectivity index (χ0) is 21.3. The molecule has 0 aromatic heterocycles. The van der Waals surface area contributed by atoms with Crippen LogP contribution in [-0.2, 0) is 5.41 Å². The summed E-state index contributed by atoms with van der Waals surface area (Å²) in [6.07, 6.45) is 2.71. The number of unbranched alkanes of at least 4 members (excludes halogenated alkanes) is 1. The molecule has 0 radical (unpaired) electrons. The first-order valence-corrected chi connectivity index (χ1v) is 10.7. The highest BCUT2D eigenvalue weighted by atomic mass is 16.5. The average molecular weight is 401 g/mol. The molecule has 4 heteroatoms. The van der Waals surface area contributed by atoms with Crippen molar-refractivity contribution in [3.05, 3.63) is 59.7 Å². The first kappa shape index (κ1) is 23.2. The van der Waals surface area contributed by atoms with Gasteiger partial charge in [-0.2, -0.15) is 0 Å². The lowest BCUT2D eigenvalue weighted by Gasteiger charge is -2.26. The molecule has 2 N–H and O–H groups in total. The molecule has 0 heterocycles. The monoisotopic (exact) mass is 400 g/mol. The Morgan fingerprint density at radius 1 is 0.759 bits per heavy atom. The third-order valence-electron chi connectivity index (χ3n) is 5.40. The molecule has 2 rings (SSSR count). The second-order valence-electron chi connectivity index (χ2n) is 8.15. The Bertz CT molecular complexity index is 707. The van der Waals surface area contributed by atoms with E-state index >= 15 is 0 Å². The van der Waals surface area contributed by atoms with E-state index in [9.17, 15) is 10.2 Å². The van der Waals surface area contributed by atoms with Crippen LogP contribution in [-0.4, -0.2) is 35.6 Å². The zero-order valence-electron chi connectivity index (χ0n) is 18.2. The van der Waals surface area contributed by atoms with Gasteiger partial charge < -0.3 is 19.7 Å². The minimum Gasteiger partial charge on any atom is -0.491 e. The average Bonchev–Trinajstić information content (AvgIpc) is 2.75. The van der Waals surface area contributed by atoms with E-state index in [2.05, 4.69) is 45.0 Å². The highest BCUT2D eigenvalue weighted by Crippen LogP contribution is 2.33. The SMILES string of the molecule is CCCCC(O)COc1ccc(C(C)(C)c2ccc(OCC(O)CC)cc2)cc1. The van der Waals surface area contributed by atoms with Crippen LogP contribution in [0.25, 0.3) is 0 Å². The summed E-state index contributed by atoms with van der Waals surface area (Å²) in [6, 6.07) is 16.1. The summed E-state index contributed by atoms with van der Waals surface area (Å²) in [7, 11) is 0. The maximum absolute atomic E-state index is 9.93. The van der Waals surface area contributed by atoms with Crippen molar-refractivity contribution in [2.24, 2.45) is 0 Å². The summed E-state index contributed by atoms with van der Waals surface area (Å²) in [5, 5.41) is 19.6. The first-order chi connectivity index (χ1) is 13.9. The van der Waals surface area contributed by atoms with Gasteiger partial charge in [0.05, 0.1) is 12.2 Å². The van der Waals surface area contributed by atoms with Crippen molar-refractivity contribution in [3.63, 3.8) is 0 Å². The molecule has 0 fully saturated rings. The van der Waals surface area contributed by atoms with Crippen molar-refractivity contribution in [2.75, 3.05) is 13.2 Å². The molecule has 160 valence electrons. The quantitative estimate of drug-likeness (QED) is 0.521. The van der Waals surface area contributed by atoms with Crippen LogP contribution in [0.3, 0.4) is 0 Å².